The quantitative estimate of drug-likeness (QED) is 0.485. The summed E-state index contributed by atoms with van der Waals surface area (Å²) in [5.41, 5.74) is 3.88. The number of benzene rings is 3. The summed E-state index contributed by atoms with van der Waals surface area (Å²) in [6.07, 6.45) is 0.630. The van der Waals surface area contributed by atoms with Crippen LogP contribution in [-0.2, 0) is 4.79 Å². The van der Waals surface area contributed by atoms with Gasteiger partial charge in [-0.05, 0) is 61.0 Å². The van der Waals surface area contributed by atoms with Gasteiger partial charge in [0.2, 0.25) is 5.91 Å². The van der Waals surface area contributed by atoms with Crippen molar-refractivity contribution in [3.63, 3.8) is 0 Å². The fraction of sp³-hybridized carbons (Fsp3) is 0.167. The van der Waals surface area contributed by atoms with Gasteiger partial charge in [0.15, 0.2) is 0 Å². The van der Waals surface area contributed by atoms with E-state index in [0.717, 1.165) is 16.7 Å². The predicted octanol–water partition coefficient (Wildman–Crippen LogP) is 5.86. The first-order chi connectivity index (χ1) is 14.5. The highest BCUT2D eigenvalue weighted by atomic mass is 35.5. The lowest BCUT2D eigenvalue weighted by Crippen LogP contribution is -2.24. The summed E-state index contributed by atoms with van der Waals surface area (Å²) in [6.45, 7) is 0.688. The molecule has 30 heavy (non-hydrogen) atoms. The molecule has 0 aliphatic carbocycles. The summed E-state index contributed by atoms with van der Waals surface area (Å²) in [5, 5.41) is 16.3. The Hall–Kier alpha value is -2.84. The largest absolute Gasteiger partial charge is 0.325 e. The van der Waals surface area contributed by atoms with Crippen molar-refractivity contribution in [1.29, 1.82) is 5.26 Å². The Balaban J connectivity index is 1.86. The molecule has 0 bridgehead atoms. The summed E-state index contributed by atoms with van der Waals surface area (Å²) < 4.78 is 0. The summed E-state index contributed by atoms with van der Waals surface area (Å²) in [4.78, 5) is 13.0. The third-order valence-electron chi connectivity index (χ3n) is 4.80. The lowest BCUT2D eigenvalue weighted by atomic mass is 9.92. The number of amides is 1. The minimum atomic E-state index is -0.351. The molecule has 0 saturated heterocycles. The molecule has 6 heteroatoms. The van der Waals surface area contributed by atoms with E-state index in [-0.39, 0.29) is 11.8 Å². The van der Waals surface area contributed by atoms with Gasteiger partial charge < -0.3 is 10.6 Å². The van der Waals surface area contributed by atoms with E-state index in [9.17, 15) is 10.1 Å². The minimum absolute atomic E-state index is 0.131. The highest BCUT2D eigenvalue weighted by molar-refractivity contribution is 6.35. The third kappa shape index (κ3) is 5.40. The molecule has 0 aliphatic rings. The molecule has 0 spiro atoms. The monoisotopic (exact) mass is 437 g/mol. The van der Waals surface area contributed by atoms with Gasteiger partial charge in [0.25, 0.3) is 0 Å². The fourth-order valence-corrected chi connectivity index (χ4v) is 3.85. The van der Waals surface area contributed by atoms with Gasteiger partial charge >= 0.3 is 0 Å². The first kappa shape index (κ1) is 21.9. The molecule has 1 atom stereocenters. The number of carbonyl (C=O) groups excluding carboxylic acids is 1. The van der Waals surface area contributed by atoms with Crippen molar-refractivity contribution in [2.24, 2.45) is 0 Å². The van der Waals surface area contributed by atoms with E-state index in [1.165, 1.54) is 0 Å². The van der Waals surface area contributed by atoms with E-state index in [4.69, 9.17) is 23.2 Å². The van der Waals surface area contributed by atoms with Gasteiger partial charge in [0, 0.05) is 15.7 Å². The lowest BCUT2D eigenvalue weighted by Gasteiger charge is -2.18. The first-order valence-corrected chi connectivity index (χ1v) is 10.3. The Morgan fingerprint density at radius 1 is 1.03 bits per heavy atom. The summed E-state index contributed by atoms with van der Waals surface area (Å²) in [7, 11) is 1.85. The van der Waals surface area contributed by atoms with Gasteiger partial charge in [0.1, 0.15) is 0 Å². The van der Waals surface area contributed by atoms with Crippen molar-refractivity contribution in [2.45, 2.75) is 12.3 Å². The summed E-state index contributed by atoms with van der Waals surface area (Å²) >= 11 is 12.1. The van der Waals surface area contributed by atoms with Gasteiger partial charge in [0.05, 0.1) is 17.6 Å². The molecule has 152 valence electrons. The summed E-state index contributed by atoms with van der Waals surface area (Å²) in [6, 6.07) is 22.4. The number of nitrogens with one attached hydrogen (secondary N) is 2. The third-order valence-corrected chi connectivity index (χ3v) is 5.24. The zero-order chi connectivity index (χ0) is 21.5. The second-order valence-corrected chi connectivity index (χ2v) is 7.74. The molecule has 0 fully saturated rings. The Kier molecular flexibility index (Phi) is 7.48. The van der Waals surface area contributed by atoms with E-state index >= 15 is 0 Å². The van der Waals surface area contributed by atoms with Gasteiger partial charge in [-0.25, -0.2) is 0 Å². The fourth-order valence-electron chi connectivity index (χ4n) is 3.32. The number of rotatable bonds is 7. The van der Waals surface area contributed by atoms with E-state index < -0.39 is 0 Å². The molecular weight excluding hydrogens is 417 g/mol. The van der Waals surface area contributed by atoms with E-state index in [2.05, 4.69) is 16.7 Å². The van der Waals surface area contributed by atoms with Crippen LogP contribution in [0.1, 0.15) is 23.5 Å². The van der Waals surface area contributed by atoms with Crippen molar-refractivity contribution in [3.05, 3.63) is 87.9 Å². The van der Waals surface area contributed by atoms with Gasteiger partial charge in [-0.15, -0.1) is 0 Å². The second kappa shape index (κ2) is 10.3. The van der Waals surface area contributed by atoms with Crippen LogP contribution < -0.4 is 10.6 Å². The van der Waals surface area contributed by atoms with Crippen LogP contribution in [0.15, 0.2) is 66.7 Å². The van der Waals surface area contributed by atoms with E-state index in [0.29, 0.717) is 34.3 Å². The molecule has 3 aromatic carbocycles. The van der Waals surface area contributed by atoms with Crippen LogP contribution in [0.25, 0.3) is 11.1 Å². The summed E-state index contributed by atoms with van der Waals surface area (Å²) in [5.74, 6) is -0.482. The predicted molar refractivity (Wildman–Crippen MR) is 123 cm³/mol. The minimum Gasteiger partial charge on any atom is -0.325 e. The SMILES string of the molecule is CNCCC(C(=O)Nc1cc(Cl)cc(Cl)c1)c1ccc(-c2ccccc2C#N)cc1. The van der Waals surface area contributed by atoms with E-state index in [1.807, 2.05) is 49.5 Å². The van der Waals surface area contributed by atoms with Crippen LogP contribution >= 0.6 is 23.2 Å². The molecule has 2 N–H and O–H groups in total. The van der Waals surface area contributed by atoms with Crippen molar-refractivity contribution in [2.75, 3.05) is 18.9 Å². The van der Waals surface area contributed by atoms with Crippen LogP contribution in [-0.4, -0.2) is 19.5 Å². The number of hydrogen-bond acceptors (Lipinski definition) is 3. The Morgan fingerprint density at radius 2 is 1.70 bits per heavy atom. The number of nitriles is 1. The van der Waals surface area contributed by atoms with Gasteiger partial charge in [-0.1, -0.05) is 65.7 Å². The van der Waals surface area contributed by atoms with Crippen LogP contribution in [0.2, 0.25) is 10.0 Å². The van der Waals surface area contributed by atoms with Crippen LogP contribution in [0.3, 0.4) is 0 Å². The Morgan fingerprint density at radius 3 is 2.33 bits per heavy atom. The molecule has 0 saturated carbocycles. The molecular formula is C24H21Cl2N3O. The number of halogens is 2. The molecule has 0 radical (unpaired) electrons. The van der Waals surface area contributed by atoms with Crippen molar-refractivity contribution < 1.29 is 4.79 Å². The number of hydrogen-bond donors (Lipinski definition) is 2. The average molecular weight is 438 g/mol. The standard InChI is InChI=1S/C24H21Cl2N3O/c1-28-11-10-23(24(30)29-21-13-19(25)12-20(26)14-21)17-8-6-16(7-9-17)22-5-3-2-4-18(22)15-27/h2-9,12-14,23,28H,10-11H2,1H3,(H,29,30). The molecule has 0 aromatic heterocycles. The zero-order valence-electron chi connectivity index (χ0n) is 16.5. The maximum absolute atomic E-state index is 13.0. The molecule has 0 heterocycles. The topological polar surface area (TPSA) is 64.9 Å². The molecule has 3 rings (SSSR count). The van der Waals surface area contributed by atoms with Gasteiger partial charge in [-0.2, -0.15) is 5.26 Å². The smallest absolute Gasteiger partial charge is 0.231 e. The molecule has 4 nitrogen and oxygen atoms in total. The van der Waals surface area contributed by atoms with Crippen molar-refractivity contribution >= 4 is 34.8 Å². The number of anilines is 1. The van der Waals surface area contributed by atoms with Crippen molar-refractivity contribution in [1.82, 2.24) is 5.32 Å². The average Bonchev–Trinajstić information content (AvgIpc) is 2.73. The second-order valence-electron chi connectivity index (χ2n) is 6.87. The zero-order valence-corrected chi connectivity index (χ0v) is 18.0. The highest BCUT2D eigenvalue weighted by Crippen LogP contribution is 2.29. The maximum Gasteiger partial charge on any atom is 0.231 e. The lowest BCUT2D eigenvalue weighted by molar-refractivity contribution is -0.117. The molecule has 1 amide bonds. The van der Waals surface area contributed by atoms with Gasteiger partial charge in [-0.3, -0.25) is 4.79 Å². The Labute approximate surface area is 186 Å². The highest BCUT2D eigenvalue weighted by Gasteiger charge is 2.21. The number of nitrogens with zero attached hydrogens (tertiary/aromatic N) is 1. The molecule has 3 aromatic rings. The van der Waals surface area contributed by atoms with Crippen LogP contribution in [0.5, 0.6) is 0 Å². The Bertz CT molecular complexity index is 1050. The molecule has 0 aliphatic heterocycles. The van der Waals surface area contributed by atoms with Crippen molar-refractivity contribution in [3.8, 4) is 17.2 Å². The normalized spacial score (nSPS) is 11.5. The maximum atomic E-state index is 13.0. The van der Waals surface area contributed by atoms with E-state index in [1.54, 1.807) is 24.3 Å². The first-order valence-electron chi connectivity index (χ1n) is 9.53. The molecule has 1 unspecified atom stereocenters. The van der Waals surface area contributed by atoms with Crippen LogP contribution in [0.4, 0.5) is 5.69 Å². The van der Waals surface area contributed by atoms with Crippen LogP contribution in [0, 0.1) is 11.3 Å². The number of carbonyl (C=O) groups is 1.